The van der Waals surface area contributed by atoms with Crippen LogP contribution >= 0.6 is 15.9 Å². The molecule has 0 heterocycles. The number of nitrogens with zero attached hydrogens (tertiary/aromatic N) is 5. The maximum absolute atomic E-state index is 12.1. The van der Waals surface area contributed by atoms with Gasteiger partial charge in [-0.05, 0) is 32.9 Å². The normalized spacial score (nSPS) is 10.5. The molecule has 0 aliphatic rings. The van der Waals surface area contributed by atoms with Crippen molar-refractivity contribution in [1.29, 1.82) is 0 Å². The van der Waals surface area contributed by atoms with E-state index >= 15 is 0 Å². The van der Waals surface area contributed by atoms with Gasteiger partial charge in [-0.1, -0.05) is 13.2 Å². The number of nitrogens with one attached hydrogen (secondary N) is 1. The Morgan fingerprint density at radius 2 is 1.55 bits per heavy atom. The molecule has 0 unspecified atom stereocenters. The quantitative estimate of drug-likeness (QED) is 0.0719. The molecule has 2 aromatic rings. The fourth-order valence-corrected chi connectivity index (χ4v) is 3.91. The van der Waals surface area contributed by atoms with Gasteiger partial charge in [-0.15, -0.1) is 10.2 Å². The minimum Gasteiger partial charge on any atom is -0.494 e. The van der Waals surface area contributed by atoms with E-state index in [2.05, 4.69) is 44.6 Å². The van der Waals surface area contributed by atoms with Crippen LogP contribution in [0.15, 0.2) is 63.1 Å². The number of hydrogen-bond acceptors (Lipinski definition) is 13. The molecular weight excluding hydrogens is 646 g/mol. The summed E-state index contributed by atoms with van der Waals surface area (Å²) >= 11 is 3.05. The van der Waals surface area contributed by atoms with Gasteiger partial charge >= 0.3 is 17.6 Å². The second kappa shape index (κ2) is 16.0. The third-order valence-corrected chi connectivity index (χ3v) is 5.96. The number of esters is 2. The monoisotopic (exact) mass is 668 g/mol. The fraction of sp³-hybridized carbons (Fsp3) is 0.240. The molecule has 0 aromatic heterocycles. The smallest absolute Gasteiger partial charge is 0.322 e. The predicted molar refractivity (Wildman–Crippen MR) is 163 cm³/mol. The molecule has 2 rings (SSSR count). The van der Waals surface area contributed by atoms with Crippen molar-refractivity contribution in [3.8, 4) is 5.75 Å². The Hall–Kier alpha value is -5.06. The number of nitro benzene ring substituents is 2. The zero-order valence-electron chi connectivity index (χ0n) is 23.4. The molecule has 2 aromatic carbocycles. The summed E-state index contributed by atoms with van der Waals surface area (Å²) in [5.41, 5.74) is -1.84. The number of rotatable bonds is 15. The van der Waals surface area contributed by atoms with Crippen LogP contribution in [-0.4, -0.2) is 76.8 Å². The number of halogens is 1. The first-order valence-corrected chi connectivity index (χ1v) is 13.0. The zero-order chi connectivity index (χ0) is 33.1. The van der Waals surface area contributed by atoms with E-state index in [0.717, 1.165) is 12.1 Å². The van der Waals surface area contributed by atoms with Gasteiger partial charge < -0.3 is 24.4 Å². The van der Waals surface area contributed by atoms with Gasteiger partial charge in [0.25, 0.3) is 5.69 Å². The Kier molecular flexibility index (Phi) is 12.8. The highest BCUT2D eigenvalue weighted by Crippen LogP contribution is 2.43. The molecule has 0 aliphatic heterocycles. The molecule has 1 N–H and O–H groups in total. The Morgan fingerprint density at radius 3 is 2.00 bits per heavy atom. The van der Waals surface area contributed by atoms with Crippen molar-refractivity contribution in [3.63, 3.8) is 0 Å². The maximum Gasteiger partial charge on any atom is 0.322 e. The largest absolute Gasteiger partial charge is 0.494 e. The van der Waals surface area contributed by atoms with Crippen molar-refractivity contribution < 1.29 is 38.4 Å². The number of carbonyl (C=O) groups is 3. The van der Waals surface area contributed by atoms with Gasteiger partial charge in [0.1, 0.15) is 40.3 Å². The number of methoxy groups -OCH3 is 1. The minimum absolute atomic E-state index is 0.0127. The number of nitro groups is 2. The molecular formula is C25H23B2BrN6O10. The summed E-state index contributed by atoms with van der Waals surface area (Å²) in [5, 5.41) is 33.3. The molecule has 4 radical (unpaired) electrons. The SMILES string of the molecule is [B]C(=C)C(=O)OCCN(CCOC(=O)C([B])=C)c1cc(NC(C)=O)c(N=Nc2c(Br)cc([N+](=O)[O-])cc2[N+](=O)[O-])cc1OC. The Morgan fingerprint density at radius 1 is 0.977 bits per heavy atom. The molecule has 0 saturated heterocycles. The lowest BCUT2D eigenvalue weighted by Gasteiger charge is -2.27. The van der Waals surface area contributed by atoms with Gasteiger partial charge in [0, 0.05) is 19.1 Å². The van der Waals surface area contributed by atoms with Crippen molar-refractivity contribution in [2.75, 3.05) is 43.6 Å². The molecule has 0 saturated carbocycles. The summed E-state index contributed by atoms with van der Waals surface area (Å²) in [5.74, 6) is -2.06. The number of anilines is 2. The Bertz CT molecular complexity index is 1520. The molecule has 0 bridgehead atoms. The number of hydrogen-bond donors (Lipinski definition) is 1. The lowest BCUT2D eigenvalue weighted by atomic mass is 9.99. The lowest BCUT2D eigenvalue weighted by Crippen LogP contribution is -2.33. The topological polar surface area (TPSA) is 205 Å². The standard InChI is InChI=1S/C25H23B2BrN6O10/c1-13(26)24(36)43-7-5-32(6-8-44-25(37)14(2)27)20-11-18(29-15(3)35)19(12-22(20)42-4)30-31-23-17(28)9-16(33(38)39)10-21(23)34(40)41/h9-12H,1-2,5-8H2,3-4H3,(H,29,35). The number of amides is 1. The van der Waals surface area contributed by atoms with Crippen LogP contribution < -0.4 is 15.0 Å². The van der Waals surface area contributed by atoms with E-state index in [0.29, 0.717) is 5.69 Å². The number of carbonyl (C=O) groups excluding carboxylic acids is 3. The van der Waals surface area contributed by atoms with Crippen molar-refractivity contribution in [1.82, 2.24) is 0 Å². The molecule has 16 nitrogen and oxygen atoms in total. The highest BCUT2D eigenvalue weighted by molar-refractivity contribution is 9.10. The van der Waals surface area contributed by atoms with Crippen LogP contribution in [0.1, 0.15) is 6.92 Å². The van der Waals surface area contributed by atoms with E-state index < -0.39 is 39.1 Å². The highest BCUT2D eigenvalue weighted by atomic mass is 79.9. The van der Waals surface area contributed by atoms with Gasteiger partial charge in [0.05, 0.1) is 52.0 Å². The maximum atomic E-state index is 12.1. The van der Waals surface area contributed by atoms with E-state index in [4.69, 9.17) is 29.9 Å². The summed E-state index contributed by atoms with van der Waals surface area (Å²) in [6, 6.07) is 4.54. The first kappa shape index (κ1) is 35.1. The number of non-ortho nitro benzene ring substituents is 1. The summed E-state index contributed by atoms with van der Waals surface area (Å²) < 4.78 is 15.6. The van der Waals surface area contributed by atoms with Crippen molar-refractivity contribution in [2.45, 2.75) is 6.92 Å². The van der Waals surface area contributed by atoms with E-state index in [1.807, 2.05) is 0 Å². The van der Waals surface area contributed by atoms with Crippen LogP contribution in [0.4, 0.5) is 34.1 Å². The van der Waals surface area contributed by atoms with Gasteiger partial charge in [0.15, 0.2) is 5.69 Å². The third-order valence-electron chi connectivity index (χ3n) is 5.35. The predicted octanol–water partition coefficient (Wildman–Crippen LogP) is 3.91. The third kappa shape index (κ3) is 9.75. The zero-order valence-corrected chi connectivity index (χ0v) is 25.0. The van der Waals surface area contributed by atoms with Crippen LogP contribution in [0, 0.1) is 20.2 Å². The molecule has 19 heteroatoms. The average Bonchev–Trinajstić information content (AvgIpc) is 2.94. The van der Waals surface area contributed by atoms with Gasteiger partial charge in [-0.25, -0.2) is 9.59 Å². The van der Waals surface area contributed by atoms with E-state index in [1.54, 1.807) is 4.90 Å². The van der Waals surface area contributed by atoms with E-state index in [1.165, 1.54) is 26.2 Å². The second-order valence-corrected chi connectivity index (χ2v) is 9.40. The molecule has 0 aliphatic carbocycles. The van der Waals surface area contributed by atoms with E-state index in [-0.39, 0.29) is 64.5 Å². The minimum atomic E-state index is -0.859. The van der Waals surface area contributed by atoms with Gasteiger partial charge in [-0.3, -0.25) is 25.0 Å². The number of benzene rings is 2. The molecule has 44 heavy (non-hydrogen) atoms. The Labute approximate surface area is 261 Å². The first-order chi connectivity index (χ1) is 20.7. The fourth-order valence-electron chi connectivity index (χ4n) is 3.39. The number of azo groups is 1. The van der Waals surface area contributed by atoms with Crippen LogP contribution in [0.2, 0.25) is 0 Å². The summed E-state index contributed by atoms with van der Waals surface area (Å²) in [6.45, 7) is 7.48. The van der Waals surface area contributed by atoms with Crippen LogP contribution in [0.3, 0.4) is 0 Å². The summed E-state index contributed by atoms with van der Waals surface area (Å²) in [6.07, 6.45) is 0. The highest BCUT2D eigenvalue weighted by Gasteiger charge is 2.24. The van der Waals surface area contributed by atoms with Gasteiger partial charge in [-0.2, -0.15) is 0 Å². The molecule has 226 valence electrons. The molecule has 0 spiro atoms. The molecule has 1 amide bonds. The van der Waals surface area contributed by atoms with Crippen molar-refractivity contribution in [2.24, 2.45) is 10.2 Å². The summed E-state index contributed by atoms with van der Waals surface area (Å²) in [7, 11) is 12.0. The second-order valence-electron chi connectivity index (χ2n) is 8.54. The number of ether oxygens (including phenoxy) is 3. The molecule has 0 fully saturated rings. The van der Waals surface area contributed by atoms with Crippen molar-refractivity contribution >= 4 is 83.6 Å². The molecule has 0 atom stereocenters. The van der Waals surface area contributed by atoms with Gasteiger partial charge in [0.2, 0.25) is 5.91 Å². The average molecular weight is 669 g/mol. The van der Waals surface area contributed by atoms with E-state index in [9.17, 15) is 34.6 Å². The van der Waals surface area contributed by atoms with Crippen LogP contribution in [-0.2, 0) is 23.9 Å². The lowest BCUT2D eigenvalue weighted by molar-refractivity contribution is -0.393. The van der Waals surface area contributed by atoms with Crippen LogP contribution in [0.5, 0.6) is 5.75 Å². The first-order valence-electron chi connectivity index (χ1n) is 12.2. The van der Waals surface area contributed by atoms with Crippen LogP contribution in [0.25, 0.3) is 0 Å². The summed E-state index contributed by atoms with van der Waals surface area (Å²) in [4.78, 5) is 58.3. The Balaban J connectivity index is 2.60. The van der Waals surface area contributed by atoms with Crippen molar-refractivity contribution in [3.05, 3.63) is 73.1 Å².